The van der Waals surface area contributed by atoms with Crippen molar-refractivity contribution in [3.8, 4) is 22.8 Å². The van der Waals surface area contributed by atoms with E-state index < -0.39 is 102 Å². The van der Waals surface area contributed by atoms with Crippen molar-refractivity contribution in [3.63, 3.8) is 0 Å². The first-order chi connectivity index (χ1) is 24.9. The molecule has 0 saturated heterocycles. The third-order valence-electron chi connectivity index (χ3n) is 6.88. The van der Waals surface area contributed by atoms with Crippen LogP contribution in [0.5, 0.6) is 0 Å². The fourth-order valence-electron chi connectivity index (χ4n) is 4.36. The zero-order chi connectivity index (χ0) is 38.7. The molecule has 0 saturated carbocycles. The van der Waals surface area contributed by atoms with Crippen LogP contribution in [0.25, 0.3) is 22.8 Å². The zero-order valence-electron chi connectivity index (χ0n) is 25.9. The van der Waals surface area contributed by atoms with Crippen LogP contribution in [-0.4, -0.2) is 32.9 Å². The Hall–Kier alpha value is -5.44. The van der Waals surface area contributed by atoms with Crippen molar-refractivity contribution >= 4 is 20.6 Å². The minimum Gasteiger partial charge on any atom is -0.329 e. The molecule has 21 heteroatoms. The van der Waals surface area contributed by atoms with Crippen LogP contribution in [0.1, 0.15) is 22.9 Å². The normalized spacial score (nSPS) is 12.6. The highest BCUT2D eigenvalue weighted by molar-refractivity contribution is 7.90. The molecule has 2 heterocycles. The van der Waals surface area contributed by atoms with Crippen LogP contribution in [-0.2, 0) is 44.5 Å². The number of halogens is 10. The Morgan fingerprint density at radius 2 is 1.02 bits per heavy atom. The van der Waals surface area contributed by atoms with Gasteiger partial charge in [-0.25, -0.2) is 26.0 Å². The van der Waals surface area contributed by atoms with Crippen LogP contribution >= 0.6 is 0 Å². The predicted molar refractivity (Wildman–Crippen MR) is 163 cm³/mol. The van der Waals surface area contributed by atoms with E-state index in [4.69, 9.17) is 0 Å². The fraction of sp³-hybridized carbons (Fsp3) is 0.125. The molecule has 0 radical (unpaired) electrons. The van der Waals surface area contributed by atoms with E-state index in [0.717, 1.165) is 24.3 Å². The van der Waals surface area contributed by atoms with Gasteiger partial charge in [0.2, 0.25) is 11.6 Å². The molecule has 9 nitrogen and oxygen atoms in total. The van der Waals surface area contributed by atoms with E-state index in [1.165, 1.54) is 24.3 Å². The summed E-state index contributed by atoms with van der Waals surface area (Å²) in [6.45, 7) is 0. The molecule has 0 N–H and O–H groups in total. The lowest BCUT2D eigenvalue weighted by atomic mass is 10.1. The van der Waals surface area contributed by atoms with E-state index in [9.17, 15) is 56.5 Å². The van der Waals surface area contributed by atoms with E-state index in [1.807, 2.05) is 0 Å². The van der Waals surface area contributed by atoms with Crippen molar-refractivity contribution in [2.75, 3.05) is 0 Å². The molecule has 6 aromatic rings. The fourth-order valence-corrected chi connectivity index (χ4v) is 6.86. The molecule has 0 aliphatic rings. The second-order valence-corrected chi connectivity index (χ2v) is 14.0. The number of hydrogen-bond donors (Lipinski definition) is 0. The van der Waals surface area contributed by atoms with Crippen molar-refractivity contribution in [1.82, 2.24) is 20.3 Å². The maximum absolute atomic E-state index is 14.3. The van der Waals surface area contributed by atoms with Crippen molar-refractivity contribution in [3.05, 3.63) is 131 Å². The summed E-state index contributed by atoms with van der Waals surface area (Å²) in [5, 5.41) is 6.00. The van der Waals surface area contributed by atoms with Gasteiger partial charge in [0.1, 0.15) is 0 Å². The maximum Gasteiger partial charge on any atom is 0.471 e. The first kappa shape index (κ1) is 38.8. The molecule has 1 atom stereocenters. The Balaban J connectivity index is 0.000000204. The van der Waals surface area contributed by atoms with Gasteiger partial charge in [-0.1, -0.05) is 58.8 Å². The monoisotopic (exact) mass is 792 g/mol. The topological polar surface area (TPSA) is 129 Å². The van der Waals surface area contributed by atoms with E-state index >= 15 is 0 Å². The van der Waals surface area contributed by atoms with Crippen LogP contribution in [0.2, 0.25) is 0 Å². The van der Waals surface area contributed by atoms with Gasteiger partial charge in [0.15, 0.2) is 33.1 Å². The Morgan fingerprint density at radius 3 is 1.47 bits per heavy atom. The molecule has 0 aliphatic carbocycles. The van der Waals surface area contributed by atoms with Gasteiger partial charge in [-0.15, -0.1) is 0 Å². The minimum atomic E-state index is -4.94. The first-order valence-corrected chi connectivity index (χ1v) is 17.3. The standard InChI is InChI=1S/C16H9F5N2O3S.C16H9F5N2O2S/c17-12-9(8-27(24,25)10-4-2-1-3-5-10)6-7-11(13(12)18)14-22-15(26-23-14)16(19,20)21;17-12-9(8-26(24)10-4-2-1-3-5-10)6-7-11(13(12)18)14-22-15(25-23-14)16(19,20)21/h1-7H,8H2;1-7H,8H2. The van der Waals surface area contributed by atoms with E-state index in [0.29, 0.717) is 4.90 Å². The van der Waals surface area contributed by atoms with Crippen molar-refractivity contribution in [2.24, 2.45) is 0 Å². The van der Waals surface area contributed by atoms with Gasteiger partial charge in [0.05, 0.1) is 38.3 Å². The number of hydrogen-bond acceptors (Lipinski definition) is 9. The second kappa shape index (κ2) is 15.3. The average molecular weight is 793 g/mol. The van der Waals surface area contributed by atoms with E-state index in [-0.39, 0.29) is 16.2 Å². The maximum atomic E-state index is 14.3. The van der Waals surface area contributed by atoms with Crippen LogP contribution in [0, 0.1) is 23.3 Å². The predicted octanol–water partition coefficient (Wildman–Crippen LogP) is 8.35. The van der Waals surface area contributed by atoms with Gasteiger partial charge in [0.25, 0.3) is 0 Å². The lowest BCUT2D eigenvalue weighted by Gasteiger charge is -2.08. The molecular weight excluding hydrogens is 774 g/mol. The molecule has 4 aromatic carbocycles. The van der Waals surface area contributed by atoms with Crippen molar-refractivity contribution < 1.29 is 65.6 Å². The molecule has 0 bridgehead atoms. The Bertz CT molecular complexity index is 2370. The summed E-state index contributed by atoms with van der Waals surface area (Å²) in [4.78, 5) is 6.35. The molecule has 1 unspecified atom stereocenters. The summed E-state index contributed by atoms with van der Waals surface area (Å²) < 4.78 is 177. The molecular formula is C32H18F10N4O5S2. The van der Waals surface area contributed by atoms with Gasteiger partial charge >= 0.3 is 24.1 Å². The van der Waals surface area contributed by atoms with Crippen LogP contribution in [0.4, 0.5) is 43.9 Å². The van der Waals surface area contributed by atoms with Gasteiger partial charge in [0, 0.05) is 16.0 Å². The highest BCUT2D eigenvalue weighted by Crippen LogP contribution is 2.33. The summed E-state index contributed by atoms with van der Waals surface area (Å²) in [6, 6.07) is 19.3. The molecule has 278 valence electrons. The number of benzene rings is 4. The van der Waals surface area contributed by atoms with E-state index in [2.05, 4.69) is 29.3 Å². The van der Waals surface area contributed by atoms with Gasteiger partial charge in [-0.2, -0.15) is 36.3 Å². The Morgan fingerprint density at radius 1 is 0.585 bits per heavy atom. The summed E-state index contributed by atoms with van der Waals surface area (Å²) in [5.74, 6) is -11.9. The molecule has 0 aliphatic heterocycles. The molecule has 2 aromatic heterocycles. The third-order valence-corrected chi connectivity index (χ3v) is 9.94. The lowest BCUT2D eigenvalue weighted by molar-refractivity contribution is -0.160. The van der Waals surface area contributed by atoms with Crippen molar-refractivity contribution in [2.45, 2.75) is 33.6 Å². The molecule has 0 amide bonds. The summed E-state index contributed by atoms with van der Waals surface area (Å²) in [7, 11) is -5.57. The van der Waals surface area contributed by atoms with Crippen LogP contribution in [0.3, 0.4) is 0 Å². The van der Waals surface area contributed by atoms with Crippen molar-refractivity contribution in [1.29, 1.82) is 0 Å². The largest absolute Gasteiger partial charge is 0.471 e. The van der Waals surface area contributed by atoms with Gasteiger partial charge in [-0.05, 0) is 36.4 Å². The summed E-state index contributed by atoms with van der Waals surface area (Å²) >= 11 is 0. The quantitative estimate of drug-likeness (QED) is 0.140. The zero-order valence-corrected chi connectivity index (χ0v) is 27.6. The average Bonchev–Trinajstić information content (AvgIpc) is 3.82. The van der Waals surface area contributed by atoms with Gasteiger partial charge < -0.3 is 9.05 Å². The number of aromatic nitrogens is 4. The molecule has 0 spiro atoms. The highest BCUT2D eigenvalue weighted by Gasteiger charge is 2.40. The smallest absolute Gasteiger partial charge is 0.329 e. The third kappa shape index (κ3) is 8.96. The molecule has 53 heavy (non-hydrogen) atoms. The number of nitrogens with zero attached hydrogens (tertiary/aromatic N) is 4. The SMILES string of the molecule is O=S(=O)(Cc1ccc(-c2noc(C(F)(F)F)n2)c(F)c1F)c1ccccc1.O=S(Cc1ccc(-c2noc(C(F)(F)F)n2)c(F)c1F)c1ccccc1. The second-order valence-electron chi connectivity index (χ2n) is 10.5. The minimum absolute atomic E-state index is 0.0816. The van der Waals surface area contributed by atoms with Crippen LogP contribution < -0.4 is 0 Å². The molecule has 6 rings (SSSR count). The Labute approximate surface area is 293 Å². The summed E-state index contributed by atoms with van der Waals surface area (Å²) in [6.07, 6.45) is -9.84. The first-order valence-electron chi connectivity index (χ1n) is 14.3. The number of sulfone groups is 1. The number of alkyl halides is 6. The lowest BCUT2D eigenvalue weighted by Crippen LogP contribution is -2.08. The number of rotatable bonds is 8. The summed E-state index contributed by atoms with van der Waals surface area (Å²) in [5.41, 5.74) is -1.95. The van der Waals surface area contributed by atoms with Crippen LogP contribution in [0.15, 0.2) is 104 Å². The van der Waals surface area contributed by atoms with E-state index in [1.54, 1.807) is 36.4 Å². The Kier molecular flexibility index (Phi) is 11.2. The molecule has 0 fully saturated rings. The van der Waals surface area contributed by atoms with Gasteiger partial charge in [-0.3, -0.25) is 4.21 Å². The highest BCUT2D eigenvalue weighted by atomic mass is 32.2.